The first kappa shape index (κ1) is 17.1. The molecule has 0 spiro atoms. The third-order valence-corrected chi connectivity index (χ3v) is 4.48. The molecule has 4 rings (SSSR count). The number of pyridine rings is 1. The van der Waals surface area contributed by atoms with Crippen LogP contribution in [-0.2, 0) is 0 Å². The van der Waals surface area contributed by atoms with Gasteiger partial charge in [-0.05, 0) is 36.6 Å². The van der Waals surface area contributed by atoms with Gasteiger partial charge in [0.05, 0.1) is 5.52 Å². The molecule has 1 unspecified atom stereocenters. The fraction of sp³-hybridized carbons (Fsp3) is 0.250. The monoisotopic (exact) mass is 360 g/mol. The lowest BCUT2D eigenvalue weighted by atomic mass is 10.0. The summed E-state index contributed by atoms with van der Waals surface area (Å²) in [5.41, 5.74) is 2.88. The average Bonchev–Trinajstić information content (AvgIpc) is 3.16. The van der Waals surface area contributed by atoms with Crippen molar-refractivity contribution in [2.75, 3.05) is 5.32 Å². The van der Waals surface area contributed by atoms with Crippen LogP contribution in [0.1, 0.15) is 31.3 Å². The highest BCUT2D eigenvalue weighted by molar-refractivity contribution is 5.91. The van der Waals surface area contributed by atoms with Crippen LogP contribution in [0.25, 0.3) is 22.3 Å². The van der Waals surface area contributed by atoms with Gasteiger partial charge >= 0.3 is 0 Å². The topological polar surface area (TPSA) is 89.6 Å². The second-order valence-corrected chi connectivity index (χ2v) is 6.75. The maximum Gasteiger partial charge on any atom is 0.249 e. The normalized spacial score (nSPS) is 12.4. The van der Waals surface area contributed by atoms with Gasteiger partial charge in [0.15, 0.2) is 0 Å². The molecule has 0 fully saturated rings. The molecule has 4 aromatic rings. The first-order valence-electron chi connectivity index (χ1n) is 8.84. The highest BCUT2D eigenvalue weighted by Gasteiger charge is 2.24. The Bertz CT molecular complexity index is 1060. The third kappa shape index (κ3) is 3.36. The van der Waals surface area contributed by atoms with Crippen molar-refractivity contribution in [1.29, 1.82) is 0 Å². The molecule has 7 nitrogen and oxygen atoms in total. The Labute approximate surface area is 156 Å². The van der Waals surface area contributed by atoms with Crippen LogP contribution in [0.5, 0.6) is 0 Å². The van der Waals surface area contributed by atoms with Crippen LogP contribution in [0.2, 0.25) is 0 Å². The quantitative estimate of drug-likeness (QED) is 0.570. The van der Waals surface area contributed by atoms with Crippen LogP contribution < -0.4 is 5.32 Å². The van der Waals surface area contributed by atoms with Crippen LogP contribution in [0.4, 0.5) is 5.82 Å². The second-order valence-electron chi connectivity index (χ2n) is 6.75. The fourth-order valence-corrected chi connectivity index (χ4v) is 3.03. The van der Waals surface area contributed by atoms with E-state index in [-0.39, 0.29) is 12.0 Å². The smallest absolute Gasteiger partial charge is 0.249 e. The lowest BCUT2D eigenvalue weighted by molar-refractivity contribution is 0.336. The molecule has 3 aromatic heterocycles. The molecule has 7 heteroatoms. The Morgan fingerprint density at radius 3 is 2.63 bits per heavy atom. The molecule has 1 atom stereocenters. The summed E-state index contributed by atoms with van der Waals surface area (Å²) >= 11 is 0. The van der Waals surface area contributed by atoms with Crippen LogP contribution in [0, 0.1) is 12.8 Å². The number of nitrogens with zero attached hydrogens (tertiary/aromatic N) is 5. The number of hydrogen-bond acceptors (Lipinski definition) is 7. The summed E-state index contributed by atoms with van der Waals surface area (Å²) < 4.78 is 5.57. The molecule has 136 valence electrons. The number of aromatic nitrogens is 5. The lowest BCUT2D eigenvalue weighted by Gasteiger charge is -2.20. The van der Waals surface area contributed by atoms with Crippen molar-refractivity contribution < 1.29 is 4.52 Å². The minimum atomic E-state index is -0.175. The van der Waals surface area contributed by atoms with E-state index < -0.39 is 0 Å². The van der Waals surface area contributed by atoms with E-state index in [0.717, 1.165) is 27.8 Å². The predicted octanol–water partition coefficient (Wildman–Crippen LogP) is 4.19. The summed E-state index contributed by atoms with van der Waals surface area (Å²) in [4.78, 5) is 17.4. The van der Waals surface area contributed by atoms with Gasteiger partial charge < -0.3 is 9.84 Å². The first-order chi connectivity index (χ1) is 13.1. The number of aryl methyl sites for hydroxylation is 1. The van der Waals surface area contributed by atoms with Gasteiger partial charge in [-0.2, -0.15) is 4.98 Å². The SMILES string of the molecule is Cc1cccc2ncnc(NC(c3nc(-c4ccncc4)no3)C(C)C)c12. The van der Waals surface area contributed by atoms with Gasteiger partial charge in [-0.1, -0.05) is 31.1 Å². The summed E-state index contributed by atoms with van der Waals surface area (Å²) in [7, 11) is 0. The molecule has 0 aliphatic heterocycles. The number of fused-ring (bicyclic) bond motifs is 1. The Hall–Kier alpha value is -3.35. The van der Waals surface area contributed by atoms with E-state index in [1.54, 1.807) is 18.7 Å². The molecule has 0 aliphatic rings. The molecule has 0 bridgehead atoms. The summed E-state index contributed by atoms with van der Waals surface area (Å²) in [6.07, 6.45) is 4.98. The standard InChI is InChI=1S/C20H20N6O/c1-12(2)17(20-25-18(26-27-20)14-7-9-21-10-8-14)24-19-16-13(3)5-4-6-15(16)22-11-23-19/h4-12,17H,1-3H3,(H,22,23,24). The molecule has 1 aromatic carbocycles. The molecule has 0 saturated heterocycles. The summed E-state index contributed by atoms with van der Waals surface area (Å²) in [5.74, 6) is 2.05. The number of benzene rings is 1. The van der Waals surface area contributed by atoms with E-state index in [1.807, 2.05) is 24.3 Å². The summed E-state index contributed by atoms with van der Waals surface area (Å²) in [6.45, 7) is 6.25. The molecule has 1 N–H and O–H groups in total. The molecular formula is C20H20N6O. The van der Waals surface area contributed by atoms with Gasteiger partial charge in [-0.25, -0.2) is 9.97 Å². The number of anilines is 1. The highest BCUT2D eigenvalue weighted by Crippen LogP contribution is 2.30. The van der Waals surface area contributed by atoms with Crippen LogP contribution in [0.15, 0.2) is 53.6 Å². The minimum absolute atomic E-state index is 0.175. The van der Waals surface area contributed by atoms with E-state index in [0.29, 0.717) is 11.7 Å². The van der Waals surface area contributed by atoms with Gasteiger partial charge in [0.1, 0.15) is 18.2 Å². The maximum atomic E-state index is 5.57. The maximum absolute atomic E-state index is 5.57. The molecule has 0 saturated carbocycles. The van der Waals surface area contributed by atoms with Crippen molar-refractivity contribution in [3.05, 3.63) is 60.5 Å². The van der Waals surface area contributed by atoms with E-state index in [4.69, 9.17) is 4.52 Å². The number of rotatable bonds is 5. The molecule has 0 radical (unpaired) electrons. The number of hydrogen-bond donors (Lipinski definition) is 1. The van der Waals surface area contributed by atoms with Gasteiger partial charge in [0.25, 0.3) is 0 Å². The highest BCUT2D eigenvalue weighted by atomic mass is 16.5. The van der Waals surface area contributed by atoms with E-state index in [9.17, 15) is 0 Å². The Morgan fingerprint density at radius 1 is 1.04 bits per heavy atom. The van der Waals surface area contributed by atoms with Crippen molar-refractivity contribution in [2.45, 2.75) is 26.8 Å². The van der Waals surface area contributed by atoms with Gasteiger partial charge in [0, 0.05) is 23.3 Å². The lowest BCUT2D eigenvalue weighted by Crippen LogP contribution is -2.18. The summed E-state index contributed by atoms with van der Waals surface area (Å²) in [6, 6.07) is 9.56. The zero-order valence-electron chi connectivity index (χ0n) is 15.4. The van der Waals surface area contributed by atoms with Crippen molar-refractivity contribution in [1.82, 2.24) is 25.1 Å². The summed E-state index contributed by atoms with van der Waals surface area (Å²) in [5, 5.41) is 8.61. The van der Waals surface area contributed by atoms with Gasteiger partial charge in [0.2, 0.25) is 11.7 Å². The Kier molecular flexibility index (Phi) is 4.50. The molecular weight excluding hydrogens is 340 g/mol. The van der Waals surface area contributed by atoms with Crippen LogP contribution >= 0.6 is 0 Å². The van der Waals surface area contributed by atoms with E-state index >= 15 is 0 Å². The molecule has 0 aliphatic carbocycles. The van der Waals surface area contributed by atoms with Gasteiger partial charge in [-0.3, -0.25) is 4.98 Å². The zero-order valence-corrected chi connectivity index (χ0v) is 15.4. The largest absolute Gasteiger partial charge is 0.358 e. The van der Waals surface area contributed by atoms with E-state index in [2.05, 4.69) is 57.2 Å². The minimum Gasteiger partial charge on any atom is -0.358 e. The second kappa shape index (κ2) is 7.11. The molecule has 27 heavy (non-hydrogen) atoms. The predicted molar refractivity (Wildman–Crippen MR) is 103 cm³/mol. The first-order valence-corrected chi connectivity index (χ1v) is 8.84. The van der Waals surface area contributed by atoms with Crippen molar-refractivity contribution in [3.8, 4) is 11.4 Å². The van der Waals surface area contributed by atoms with Gasteiger partial charge in [-0.15, -0.1) is 0 Å². The Morgan fingerprint density at radius 2 is 1.85 bits per heavy atom. The van der Waals surface area contributed by atoms with Crippen molar-refractivity contribution >= 4 is 16.7 Å². The zero-order chi connectivity index (χ0) is 18.8. The fourth-order valence-electron chi connectivity index (χ4n) is 3.03. The third-order valence-electron chi connectivity index (χ3n) is 4.48. The van der Waals surface area contributed by atoms with Crippen LogP contribution in [-0.4, -0.2) is 25.1 Å². The molecule has 0 amide bonds. The van der Waals surface area contributed by atoms with Crippen LogP contribution in [0.3, 0.4) is 0 Å². The van der Waals surface area contributed by atoms with E-state index in [1.165, 1.54) is 0 Å². The Balaban J connectivity index is 1.70. The van der Waals surface area contributed by atoms with Crippen molar-refractivity contribution in [3.63, 3.8) is 0 Å². The number of nitrogens with one attached hydrogen (secondary N) is 1. The average molecular weight is 360 g/mol. The van der Waals surface area contributed by atoms with Crippen molar-refractivity contribution in [2.24, 2.45) is 5.92 Å². The molecule has 3 heterocycles.